The predicted octanol–water partition coefficient (Wildman–Crippen LogP) is 3.19. The second-order valence-corrected chi connectivity index (χ2v) is 9.66. The Morgan fingerprint density at radius 2 is 1.74 bits per heavy atom. The second-order valence-electron chi connectivity index (χ2n) is 9.66. The number of rotatable bonds is 8. The Bertz CT molecular complexity index is 965. The van der Waals surface area contributed by atoms with Crippen molar-refractivity contribution in [3.05, 3.63) is 48.0 Å². The van der Waals surface area contributed by atoms with Crippen molar-refractivity contribution in [2.75, 3.05) is 38.5 Å². The van der Waals surface area contributed by atoms with Gasteiger partial charge in [0.1, 0.15) is 11.8 Å². The largest absolute Gasteiger partial charge is 0.393 e. The first-order valence-electron chi connectivity index (χ1n) is 12.7. The zero-order valence-corrected chi connectivity index (χ0v) is 21.1. The van der Waals surface area contributed by atoms with Gasteiger partial charge >= 0.3 is 0 Å². The monoisotopic (exact) mass is 479 g/mol. The minimum absolute atomic E-state index is 0.0153. The van der Waals surface area contributed by atoms with Crippen molar-refractivity contribution in [1.29, 1.82) is 0 Å². The zero-order chi connectivity index (χ0) is 24.6. The lowest BCUT2D eigenvalue weighted by atomic mass is 9.88. The Balaban J connectivity index is 1.27. The van der Waals surface area contributed by atoms with Gasteiger partial charge in [0.05, 0.1) is 5.69 Å². The molecule has 0 aliphatic carbocycles. The van der Waals surface area contributed by atoms with E-state index in [1.165, 1.54) is 0 Å². The number of nitrogens with zero attached hydrogens (tertiary/aromatic N) is 6. The van der Waals surface area contributed by atoms with E-state index in [1.54, 1.807) is 6.20 Å². The highest BCUT2D eigenvalue weighted by Crippen LogP contribution is 2.26. The van der Waals surface area contributed by atoms with Gasteiger partial charge in [0.2, 0.25) is 11.9 Å². The van der Waals surface area contributed by atoms with Crippen LogP contribution in [0, 0.1) is 11.8 Å². The molecule has 9 nitrogen and oxygen atoms in total. The topological polar surface area (TPSA) is 95.8 Å². The minimum Gasteiger partial charge on any atom is -0.393 e. The summed E-state index contributed by atoms with van der Waals surface area (Å²) in [7, 11) is 1.81. The molecule has 2 aliphatic rings. The average molecular weight is 480 g/mol. The van der Waals surface area contributed by atoms with Gasteiger partial charge in [-0.1, -0.05) is 11.2 Å². The van der Waals surface area contributed by atoms with E-state index >= 15 is 0 Å². The highest BCUT2D eigenvalue weighted by atomic mass is 16.6. The molecule has 9 heteroatoms. The Morgan fingerprint density at radius 3 is 2.34 bits per heavy atom. The molecule has 0 unspecified atom stereocenters. The Hall–Kier alpha value is -3.07. The molecule has 35 heavy (non-hydrogen) atoms. The molecule has 2 aromatic rings. The number of oxime groups is 1. The van der Waals surface area contributed by atoms with Gasteiger partial charge in [0, 0.05) is 62.7 Å². The fraction of sp³-hybridized carbons (Fsp3) is 0.577. The molecule has 4 heterocycles. The Kier molecular flexibility index (Phi) is 8.63. The summed E-state index contributed by atoms with van der Waals surface area (Å²) in [4.78, 5) is 36.4. The first-order valence-corrected chi connectivity index (χ1v) is 12.7. The van der Waals surface area contributed by atoms with E-state index in [1.807, 2.05) is 51.5 Å². The van der Waals surface area contributed by atoms with E-state index < -0.39 is 0 Å². The number of likely N-dealkylation sites (tertiary alicyclic amines) is 2. The highest BCUT2D eigenvalue weighted by molar-refractivity contribution is 6.00. The summed E-state index contributed by atoms with van der Waals surface area (Å²) in [5, 5.41) is 7.40. The SMILES string of the molecule is CNc1ncc(CN2CCC(C(=O)N3CCC(/C(=N/OC(C)C)c4ccccn4)CC3)CC2)cn1. The fourth-order valence-electron chi connectivity index (χ4n) is 4.80. The van der Waals surface area contributed by atoms with Crippen LogP contribution in [0.1, 0.15) is 50.8 Å². The first-order chi connectivity index (χ1) is 17.0. The van der Waals surface area contributed by atoms with Gasteiger partial charge in [-0.2, -0.15) is 0 Å². The third kappa shape index (κ3) is 6.75. The van der Waals surface area contributed by atoms with Crippen molar-refractivity contribution in [2.45, 2.75) is 52.2 Å². The lowest BCUT2D eigenvalue weighted by molar-refractivity contribution is -0.138. The standard InChI is InChI=1S/C26H37N7O2/c1-19(2)35-31-24(23-6-4-5-11-28-23)21-9-14-33(15-10-21)25(34)22-7-12-32(13-8-22)18-20-16-29-26(27-3)30-17-20/h4-6,11,16-17,19,21-22H,7-10,12-15,18H2,1-3H3,(H,27,29,30)/b31-24-. The summed E-state index contributed by atoms with van der Waals surface area (Å²) in [6.07, 6.45) is 9.10. The quantitative estimate of drug-likeness (QED) is 0.459. The van der Waals surface area contributed by atoms with E-state index in [0.717, 1.165) is 75.4 Å². The molecule has 188 valence electrons. The van der Waals surface area contributed by atoms with Crippen LogP contribution in [0.15, 0.2) is 41.9 Å². The molecule has 2 aliphatic heterocycles. The number of carbonyl (C=O) groups is 1. The first kappa shape index (κ1) is 25.0. The molecular formula is C26H37N7O2. The zero-order valence-electron chi connectivity index (χ0n) is 21.1. The van der Waals surface area contributed by atoms with Crippen LogP contribution >= 0.6 is 0 Å². The summed E-state index contributed by atoms with van der Waals surface area (Å²) in [5.41, 5.74) is 2.85. The maximum absolute atomic E-state index is 13.3. The molecular weight excluding hydrogens is 442 g/mol. The third-order valence-corrected chi connectivity index (χ3v) is 6.75. The number of pyridine rings is 1. The van der Waals surface area contributed by atoms with Crippen LogP contribution in [0.25, 0.3) is 0 Å². The van der Waals surface area contributed by atoms with E-state index in [4.69, 9.17) is 4.84 Å². The van der Waals surface area contributed by atoms with Crippen LogP contribution in [0.3, 0.4) is 0 Å². The van der Waals surface area contributed by atoms with Gasteiger partial charge < -0.3 is 15.1 Å². The molecule has 4 rings (SSSR count). The molecule has 1 N–H and O–H groups in total. The number of amides is 1. The molecule has 2 aromatic heterocycles. The second kappa shape index (κ2) is 12.1. The van der Waals surface area contributed by atoms with Crippen molar-refractivity contribution >= 4 is 17.6 Å². The average Bonchev–Trinajstić information content (AvgIpc) is 2.90. The van der Waals surface area contributed by atoms with Gasteiger partial charge in [0.25, 0.3) is 0 Å². The van der Waals surface area contributed by atoms with Crippen molar-refractivity contribution < 1.29 is 9.63 Å². The summed E-state index contributed by atoms with van der Waals surface area (Å²) in [6, 6.07) is 5.86. The maximum Gasteiger partial charge on any atom is 0.225 e. The van der Waals surface area contributed by atoms with Crippen LogP contribution in [0.4, 0.5) is 5.95 Å². The molecule has 0 saturated carbocycles. The highest BCUT2D eigenvalue weighted by Gasteiger charge is 2.33. The van der Waals surface area contributed by atoms with Crippen molar-refractivity contribution in [3.8, 4) is 0 Å². The predicted molar refractivity (Wildman–Crippen MR) is 136 cm³/mol. The van der Waals surface area contributed by atoms with Crippen LogP contribution in [0.2, 0.25) is 0 Å². The van der Waals surface area contributed by atoms with E-state index in [-0.39, 0.29) is 17.9 Å². The number of hydrogen-bond acceptors (Lipinski definition) is 8. The molecule has 0 spiro atoms. The lowest BCUT2D eigenvalue weighted by Gasteiger charge is -2.37. The molecule has 0 aromatic carbocycles. The number of anilines is 1. The number of nitrogens with one attached hydrogen (secondary N) is 1. The summed E-state index contributed by atoms with van der Waals surface area (Å²) in [6.45, 7) is 8.12. The van der Waals surface area contributed by atoms with Gasteiger partial charge in [-0.3, -0.25) is 14.7 Å². The molecule has 2 saturated heterocycles. The van der Waals surface area contributed by atoms with Crippen molar-refractivity contribution in [2.24, 2.45) is 17.0 Å². The Morgan fingerprint density at radius 1 is 1.06 bits per heavy atom. The van der Waals surface area contributed by atoms with Crippen molar-refractivity contribution in [1.82, 2.24) is 24.8 Å². The third-order valence-electron chi connectivity index (χ3n) is 6.75. The summed E-state index contributed by atoms with van der Waals surface area (Å²) >= 11 is 0. The number of aromatic nitrogens is 3. The van der Waals surface area contributed by atoms with E-state index in [0.29, 0.717) is 11.9 Å². The molecule has 0 atom stereocenters. The number of piperidine rings is 2. The smallest absolute Gasteiger partial charge is 0.225 e. The molecule has 0 bridgehead atoms. The van der Waals surface area contributed by atoms with Crippen molar-refractivity contribution in [3.63, 3.8) is 0 Å². The van der Waals surface area contributed by atoms with Crippen LogP contribution in [-0.4, -0.2) is 75.7 Å². The van der Waals surface area contributed by atoms with Gasteiger partial charge in [-0.25, -0.2) is 9.97 Å². The molecule has 2 fully saturated rings. The normalized spacial score (nSPS) is 18.6. The van der Waals surface area contributed by atoms with Gasteiger partial charge in [-0.05, 0) is 64.8 Å². The maximum atomic E-state index is 13.3. The number of hydrogen-bond donors (Lipinski definition) is 1. The Labute approximate surface area is 208 Å². The molecule has 1 amide bonds. The van der Waals surface area contributed by atoms with Gasteiger partial charge in [0.15, 0.2) is 0 Å². The minimum atomic E-state index is 0.0153. The fourth-order valence-corrected chi connectivity index (χ4v) is 4.80. The molecule has 0 radical (unpaired) electrons. The number of carbonyl (C=O) groups excluding carboxylic acids is 1. The van der Waals surface area contributed by atoms with Crippen LogP contribution < -0.4 is 5.32 Å². The lowest BCUT2D eigenvalue weighted by Crippen LogP contribution is -2.46. The summed E-state index contributed by atoms with van der Waals surface area (Å²) in [5.74, 6) is 1.29. The summed E-state index contributed by atoms with van der Waals surface area (Å²) < 4.78 is 0. The van der Waals surface area contributed by atoms with Crippen LogP contribution in [-0.2, 0) is 16.2 Å². The van der Waals surface area contributed by atoms with Crippen LogP contribution in [0.5, 0.6) is 0 Å². The van der Waals surface area contributed by atoms with E-state index in [9.17, 15) is 4.79 Å². The van der Waals surface area contributed by atoms with E-state index in [2.05, 4.69) is 35.2 Å². The van der Waals surface area contributed by atoms with Gasteiger partial charge in [-0.15, -0.1) is 0 Å².